The Kier molecular flexibility index (Phi) is 12.1. The Balaban J connectivity index is 1.94. The molecular formula is C38H54. The molecule has 0 aromatic heterocycles. The van der Waals surface area contributed by atoms with Crippen molar-refractivity contribution in [2.24, 2.45) is 10.8 Å². The van der Waals surface area contributed by atoms with Crippen molar-refractivity contribution >= 4 is 0 Å². The van der Waals surface area contributed by atoms with Crippen LogP contribution in [0.5, 0.6) is 0 Å². The molecule has 0 bridgehead atoms. The quantitative estimate of drug-likeness (QED) is 0.270. The minimum Gasteiger partial charge on any atom is -0.0696 e. The molecule has 0 amide bonds. The van der Waals surface area contributed by atoms with E-state index in [2.05, 4.69) is 142 Å². The second-order valence-corrected chi connectivity index (χ2v) is 12.9. The zero-order valence-corrected chi connectivity index (χ0v) is 26.2. The molecule has 0 aromatic rings. The Hall–Kier alpha value is -2.60. The molecule has 0 heterocycles. The van der Waals surface area contributed by atoms with E-state index in [-0.39, 0.29) is 0 Å². The summed E-state index contributed by atoms with van der Waals surface area (Å²) in [7, 11) is 0. The van der Waals surface area contributed by atoms with Gasteiger partial charge in [-0.05, 0) is 102 Å². The zero-order valence-electron chi connectivity index (χ0n) is 26.2. The highest BCUT2D eigenvalue weighted by Gasteiger charge is 2.27. The summed E-state index contributed by atoms with van der Waals surface area (Å²) in [6, 6.07) is 0. The third kappa shape index (κ3) is 10.3. The van der Waals surface area contributed by atoms with Gasteiger partial charge in [-0.3, -0.25) is 0 Å². The molecule has 206 valence electrons. The van der Waals surface area contributed by atoms with Crippen LogP contribution in [0.2, 0.25) is 0 Å². The highest BCUT2D eigenvalue weighted by molar-refractivity contribution is 5.39. The van der Waals surface area contributed by atoms with E-state index in [0.717, 1.165) is 0 Å². The first-order chi connectivity index (χ1) is 17.8. The average Bonchev–Trinajstić information content (AvgIpc) is 2.81. The molecule has 0 unspecified atom stereocenters. The van der Waals surface area contributed by atoms with Crippen LogP contribution in [0, 0.1) is 10.8 Å². The van der Waals surface area contributed by atoms with E-state index in [4.69, 9.17) is 0 Å². The first kappa shape index (κ1) is 31.6. The lowest BCUT2D eigenvalue weighted by molar-refractivity contribution is 0.376. The fourth-order valence-corrected chi connectivity index (χ4v) is 5.64. The van der Waals surface area contributed by atoms with Gasteiger partial charge in [0, 0.05) is 0 Å². The van der Waals surface area contributed by atoms with Crippen molar-refractivity contribution in [2.45, 2.75) is 108 Å². The summed E-state index contributed by atoms with van der Waals surface area (Å²) < 4.78 is 0. The minimum atomic E-state index is 0.293. The SMILES string of the molecule is CC1=C(/C=C/C(C)=C/C=C/C(C)=C/C=C(C)/C=C/C=C(C)/C=C/C2=C(C)CCCC2(C)C)C(C)(C)CCC1. The molecule has 0 radical (unpaired) electrons. The average molecular weight is 511 g/mol. The van der Waals surface area contributed by atoms with Gasteiger partial charge in [-0.1, -0.05) is 134 Å². The van der Waals surface area contributed by atoms with E-state index in [1.165, 1.54) is 72.0 Å². The molecular weight excluding hydrogens is 456 g/mol. The van der Waals surface area contributed by atoms with Gasteiger partial charge in [-0.25, -0.2) is 0 Å². The van der Waals surface area contributed by atoms with Crippen molar-refractivity contribution in [1.82, 2.24) is 0 Å². The molecule has 0 nitrogen and oxygen atoms in total. The molecule has 0 atom stereocenters. The molecule has 0 heteroatoms. The van der Waals surface area contributed by atoms with E-state index in [1.807, 2.05) is 0 Å². The lowest BCUT2D eigenvalue weighted by Gasteiger charge is -2.33. The Morgan fingerprint density at radius 3 is 1.21 bits per heavy atom. The normalized spacial score (nSPS) is 22.3. The van der Waals surface area contributed by atoms with Gasteiger partial charge in [0.2, 0.25) is 0 Å². The Morgan fingerprint density at radius 1 is 0.526 bits per heavy atom. The van der Waals surface area contributed by atoms with Crippen LogP contribution in [0.4, 0.5) is 0 Å². The predicted molar refractivity (Wildman–Crippen MR) is 172 cm³/mol. The van der Waals surface area contributed by atoms with Gasteiger partial charge in [0.15, 0.2) is 0 Å². The smallest absolute Gasteiger partial charge is 0.0104 e. The van der Waals surface area contributed by atoms with Crippen LogP contribution >= 0.6 is 0 Å². The molecule has 2 aliphatic carbocycles. The van der Waals surface area contributed by atoms with Crippen LogP contribution in [0.15, 0.2) is 117 Å². The van der Waals surface area contributed by atoms with Crippen molar-refractivity contribution in [3.63, 3.8) is 0 Å². The van der Waals surface area contributed by atoms with Crippen molar-refractivity contribution in [1.29, 1.82) is 0 Å². The van der Waals surface area contributed by atoms with E-state index in [1.54, 1.807) is 11.1 Å². The number of allylic oxidation sites excluding steroid dienone is 20. The summed E-state index contributed by atoms with van der Waals surface area (Å²) in [5.41, 5.74) is 11.8. The standard InChI is InChI=1S/C38H54/c1-29(15-11-17-31(3)23-25-35-33(5)19-13-27-37(35,7)8)21-22-30(2)16-12-18-32(4)24-26-36-34(6)20-14-28-38(36,9)10/h11-12,15-18,21-26H,13-14,19-20,27-28H2,1-10H3/b15-11+,16-12+,25-23+,26-24+,29-21+,30-22+,31-17+,32-18+. The molecule has 0 aromatic carbocycles. The topological polar surface area (TPSA) is 0 Å². The van der Waals surface area contributed by atoms with Gasteiger partial charge in [0.05, 0.1) is 0 Å². The highest BCUT2D eigenvalue weighted by atomic mass is 14.3. The lowest BCUT2D eigenvalue weighted by atomic mass is 9.72. The largest absolute Gasteiger partial charge is 0.0696 e. The maximum Gasteiger partial charge on any atom is -0.0104 e. The van der Waals surface area contributed by atoms with Crippen molar-refractivity contribution in [2.75, 3.05) is 0 Å². The second-order valence-electron chi connectivity index (χ2n) is 12.9. The summed E-state index contributed by atoms with van der Waals surface area (Å²) in [5, 5.41) is 0. The highest BCUT2D eigenvalue weighted by Crippen LogP contribution is 2.41. The van der Waals surface area contributed by atoms with E-state index in [9.17, 15) is 0 Å². The Morgan fingerprint density at radius 2 is 0.868 bits per heavy atom. The zero-order chi connectivity index (χ0) is 28.3. The van der Waals surface area contributed by atoms with Crippen LogP contribution < -0.4 is 0 Å². The lowest BCUT2D eigenvalue weighted by Crippen LogP contribution is -2.19. The van der Waals surface area contributed by atoms with E-state index >= 15 is 0 Å². The summed E-state index contributed by atoms with van der Waals surface area (Å²) in [5.74, 6) is 0. The molecule has 0 fully saturated rings. The molecule has 0 spiro atoms. The third-order valence-corrected chi connectivity index (χ3v) is 8.16. The predicted octanol–water partition coefficient (Wildman–Crippen LogP) is 12.0. The number of hydrogen-bond acceptors (Lipinski definition) is 0. The maximum absolute atomic E-state index is 2.37. The summed E-state index contributed by atoms with van der Waals surface area (Å²) in [4.78, 5) is 0. The van der Waals surface area contributed by atoms with Crippen molar-refractivity contribution in [3.05, 3.63) is 117 Å². The first-order valence-corrected chi connectivity index (χ1v) is 14.6. The molecule has 0 saturated heterocycles. The molecule has 2 aliphatic rings. The van der Waals surface area contributed by atoms with Crippen molar-refractivity contribution < 1.29 is 0 Å². The number of hydrogen-bond donors (Lipinski definition) is 0. The van der Waals surface area contributed by atoms with Gasteiger partial charge < -0.3 is 0 Å². The second kappa shape index (κ2) is 14.5. The van der Waals surface area contributed by atoms with Crippen LogP contribution in [-0.4, -0.2) is 0 Å². The maximum atomic E-state index is 2.37. The van der Waals surface area contributed by atoms with Gasteiger partial charge in [0.25, 0.3) is 0 Å². The van der Waals surface area contributed by atoms with Crippen LogP contribution in [0.1, 0.15) is 108 Å². The molecule has 0 N–H and O–H groups in total. The summed E-state index contributed by atoms with van der Waals surface area (Å²) in [6.45, 7) is 22.8. The number of rotatable bonds is 9. The minimum absolute atomic E-state index is 0.293. The van der Waals surface area contributed by atoms with E-state index in [0.29, 0.717) is 10.8 Å². The third-order valence-electron chi connectivity index (χ3n) is 8.16. The van der Waals surface area contributed by atoms with Crippen LogP contribution in [0.25, 0.3) is 0 Å². The van der Waals surface area contributed by atoms with Crippen molar-refractivity contribution in [3.8, 4) is 0 Å². The van der Waals surface area contributed by atoms with E-state index < -0.39 is 0 Å². The monoisotopic (exact) mass is 510 g/mol. The first-order valence-electron chi connectivity index (χ1n) is 14.6. The Bertz CT molecular complexity index is 1040. The molecule has 0 saturated carbocycles. The van der Waals surface area contributed by atoms with Gasteiger partial charge >= 0.3 is 0 Å². The molecule has 38 heavy (non-hydrogen) atoms. The molecule has 2 rings (SSSR count). The fraction of sp³-hybridized carbons (Fsp3) is 0.474. The summed E-state index contributed by atoms with van der Waals surface area (Å²) in [6.07, 6.45) is 34.3. The summed E-state index contributed by atoms with van der Waals surface area (Å²) >= 11 is 0. The Labute approximate surface area is 235 Å². The molecule has 0 aliphatic heterocycles. The van der Waals surface area contributed by atoms with Gasteiger partial charge in [-0.15, -0.1) is 0 Å². The van der Waals surface area contributed by atoms with Gasteiger partial charge in [0.1, 0.15) is 0 Å². The fourth-order valence-electron chi connectivity index (χ4n) is 5.64. The van der Waals surface area contributed by atoms with Gasteiger partial charge in [-0.2, -0.15) is 0 Å². The van der Waals surface area contributed by atoms with Crippen LogP contribution in [-0.2, 0) is 0 Å². The van der Waals surface area contributed by atoms with Crippen LogP contribution in [0.3, 0.4) is 0 Å².